The SMILES string of the molecule is CCCC(CCC)CCN=O. The van der Waals surface area contributed by atoms with Gasteiger partial charge in [-0.3, -0.25) is 0 Å². The summed E-state index contributed by atoms with van der Waals surface area (Å²) >= 11 is 0. The minimum absolute atomic E-state index is 0.505. The van der Waals surface area contributed by atoms with E-state index in [1.165, 1.54) is 25.7 Å². The summed E-state index contributed by atoms with van der Waals surface area (Å²) in [6.07, 6.45) is 5.95. The van der Waals surface area contributed by atoms with Gasteiger partial charge in [-0.15, -0.1) is 0 Å². The maximum absolute atomic E-state index is 9.87. The largest absolute Gasteiger partial charge is 0.151 e. The Bertz CT molecular complexity index is 87.6. The van der Waals surface area contributed by atoms with Crippen molar-refractivity contribution in [2.75, 3.05) is 6.54 Å². The number of rotatable bonds is 7. The molecule has 0 N–H and O–H groups in total. The Morgan fingerprint density at radius 1 is 1.09 bits per heavy atom. The molecule has 11 heavy (non-hydrogen) atoms. The van der Waals surface area contributed by atoms with Crippen LogP contribution in [-0.4, -0.2) is 6.54 Å². The molecule has 0 saturated heterocycles. The minimum atomic E-state index is 0.505. The van der Waals surface area contributed by atoms with Crippen LogP contribution in [0.2, 0.25) is 0 Å². The smallest absolute Gasteiger partial charge is 0.0813 e. The average Bonchev–Trinajstić information content (AvgIpc) is 2.01. The van der Waals surface area contributed by atoms with E-state index in [0.717, 1.165) is 12.3 Å². The summed E-state index contributed by atoms with van der Waals surface area (Å²) in [4.78, 5) is 9.87. The number of hydrogen-bond acceptors (Lipinski definition) is 2. The Morgan fingerprint density at radius 2 is 1.64 bits per heavy atom. The summed E-state index contributed by atoms with van der Waals surface area (Å²) in [5.74, 6) is 0.739. The van der Waals surface area contributed by atoms with Crippen LogP contribution in [0.25, 0.3) is 0 Å². The van der Waals surface area contributed by atoms with Gasteiger partial charge in [-0.1, -0.05) is 44.7 Å². The van der Waals surface area contributed by atoms with Crippen LogP contribution >= 0.6 is 0 Å². The first-order valence-corrected chi connectivity index (χ1v) is 4.64. The lowest BCUT2D eigenvalue weighted by Crippen LogP contribution is -2.01. The quantitative estimate of drug-likeness (QED) is 0.521. The van der Waals surface area contributed by atoms with Crippen molar-refractivity contribution in [2.45, 2.75) is 46.0 Å². The Morgan fingerprint density at radius 3 is 2.00 bits per heavy atom. The average molecular weight is 157 g/mol. The molecule has 0 aliphatic heterocycles. The Kier molecular flexibility index (Phi) is 7.42. The second-order valence-corrected chi connectivity index (χ2v) is 3.08. The van der Waals surface area contributed by atoms with Crippen LogP contribution in [-0.2, 0) is 0 Å². The van der Waals surface area contributed by atoms with E-state index in [-0.39, 0.29) is 0 Å². The molecular weight excluding hydrogens is 138 g/mol. The first kappa shape index (κ1) is 10.6. The maximum atomic E-state index is 9.87. The van der Waals surface area contributed by atoms with Crippen molar-refractivity contribution in [1.29, 1.82) is 0 Å². The Labute approximate surface area is 69.4 Å². The highest BCUT2D eigenvalue weighted by Crippen LogP contribution is 2.17. The maximum Gasteiger partial charge on any atom is 0.0813 e. The van der Waals surface area contributed by atoms with E-state index in [1.807, 2.05) is 0 Å². The fourth-order valence-corrected chi connectivity index (χ4v) is 1.48. The Balaban J connectivity index is 3.41. The molecule has 0 aromatic heterocycles. The van der Waals surface area contributed by atoms with Crippen molar-refractivity contribution in [3.05, 3.63) is 4.91 Å². The predicted molar refractivity (Wildman–Crippen MR) is 48.6 cm³/mol. The van der Waals surface area contributed by atoms with Gasteiger partial charge in [-0.05, 0) is 12.3 Å². The zero-order chi connectivity index (χ0) is 8.53. The van der Waals surface area contributed by atoms with Gasteiger partial charge in [0.1, 0.15) is 0 Å². The lowest BCUT2D eigenvalue weighted by atomic mass is 9.95. The summed E-state index contributed by atoms with van der Waals surface area (Å²) in [5, 5.41) is 2.89. The molecule has 0 aliphatic carbocycles. The molecule has 0 atom stereocenters. The van der Waals surface area contributed by atoms with Crippen molar-refractivity contribution in [2.24, 2.45) is 11.1 Å². The fraction of sp³-hybridized carbons (Fsp3) is 1.00. The first-order chi connectivity index (χ1) is 5.35. The van der Waals surface area contributed by atoms with E-state index in [1.54, 1.807) is 0 Å². The molecule has 2 nitrogen and oxygen atoms in total. The summed E-state index contributed by atoms with van der Waals surface area (Å²) in [6.45, 7) is 4.89. The minimum Gasteiger partial charge on any atom is -0.151 e. The zero-order valence-corrected chi connectivity index (χ0v) is 7.68. The molecule has 0 aliphatic rings. The van der Waals surface area contributed by atoms with Gasteiger partial charge in [-0.2, -0.15) is 4.91 Å². The number of nitrogens with zero attached hydrogens (tertiary/aromatic N) is 1. The normalized spacial score (nSPS) is 10.5. The van der Waals surface area contributed by atoms with Gasteiger partial charge in [0.25, 0.3) is 0 Å². The molecular formula is C9H19NO. The van der Waals surface area contributed by atoms with E-state index in [9.17, 15) is 4.91 Å². The van der Waals surface area contributed by atoms with E-state index in [2.05, 4.69) is 19.0 Å². The third-order valence-electron chi connectivity index (χ3n) is 2.02. The number of nitroso groups, excluding NO2 is 1. The molecule has 0 aromatic carbocycles. The molecule has 2 heteroatoms. The molecule has 0 bridgehead atoms. The van der Waals surface area contributed by atoms with Crippen LogP contribution in [0.15, 0.2) is 5.18 Å². The molecule has 0 spiro atoms. The van der Waals surface area contributed by atoms with Crippen molar-refractivity contribution in [3.8, 4) is 0 Å². The Hall–Kier alpha value is -0.400. The first-order valence-electron chi connectivity index (χ1n) is 4.64. The fourth-order valence-electron chi connectivity index (χ4n) is 1.48. The van der Waals surface area contributed by atoms with Gasteiger partial charge >= 0.3 is 0 Å². The third-order valence-corrected chi connectivity index (χ3v) is 2.02. The molecule has 0 unspecified atom stereocenters. The van der Waals surface area contributed by atoms with Crippen LogP contribution in [0.1, 0.15) is 46.0 Å². The van der Waals surface area contributed by atoms with Crippen molar-refractivity contribution in [3.63, 3.8) is 0 Å². The molecule has 0 heterocycles. The van der Waals surface area contributed by atoms with E-state index in [0.29, 0.717) is 6.54 Å². The zero-order valence-electron chi connectivity index (χ0n) is 7.68. The van der Waals surface area contributed by atoms with Crippen LogP contribution in [0.3, 0.4) is 0 Å². The molecule has 0 amide bonds. The summed E-state index contributed by atoms with van der Waals surface area (Å²) in [6, 6.07) is 0. The van der Waals surface area contributed by atoms with Crippen molar-refractivity contribution < 1.29 is 0 Å². The monoisotopic (exact) mass is 157 g/mol. The molecule has 66 valence electrons. The second-order valence-electron chi connectivity index (χ2n) is 3.08. The topological polar surface area (TPSA) is 29.4 Å². The van der Waals surface area contributed by atoms with E-state index in [4.69, 9.17) is 0 Å². The van der Waals surface area contributed by atoms with Gasteiger partial charge in [0.15, 0.2) is 0 Å². The van der Waals surface area contributed by atoms with Gasteiger partial charge in [-0.25, -0.2) is 0 Å². The third kappa shape index (κ3) is 6.02. The van der Waals surface area contributed by atoms with Gasteiger partial charge in [0.2, 0.25) is 0 Å². The standard InChI is InChI=1S/C9H19NO/c1-3-5-9(6-4-2)7-8-10-11/h9H,3-8H2,1-2H3. The number of hydrogen-bond donors (Lipinski definition) is 0. The molecule has 0 aromatic rings. The van der Waals surface area contributed by atoms with Gasteiger partial charge in [0, 0.05) is 0 Å². The van der Waals surface area contributed by atoms with Gasteiger partial charge in [0.05, 0.1) is 6.54 Å². The predicted octanol–water partition coefficient (Wildman–Crippen LogP) is 3.36. The highest BCUT2D eigenvalue weighted by atomic mass is 16.3. The van der Waals surface area contributed by atoms with Crippen molar-refractivity contribution >= 4 is 0 Å². The molecule has 0 saturated carbocycles. The van der Waals surface area contributed by atoms with Gasteiger partial charge < -0.3 is 0 Å². The molecule has 0 rings (SSSR count). The second kappa shape index (κ2) is 7.70. The van der Waals surface area contributed by atoms with Crippen LogP contribution in [0.5, 0.6) is 0 Å². The highest BCUT2D eigenvalue weighted by Gasteiger charge is 2.05. The molecule has 0 fully saturated rings. The van der Waals surface area contributed by atoms with Crippen LogP contribution < -0.4 is 0 Å². The van der Waals surface area contributed by atoms with E-state index < -0.39 is 0 Å². The highest BCUT2D eigenvalue weighted by molar-refractivity contribution is 4.59. The lowest BCUT2D eigenvalue weighted by molar-refractivity contribution is 0.416. The lowest BCUT2D eigenvalue weighted by Gasteiger charge is -2.11. The van der Waals surface area contributed by atoms with Crippen LogP contribution in [0, 0.1) is 10.8 Å². The molecule has 0 radical (unpaired) electrons. The van der Waals surface area contributed by atoms with Crippen molar-refractivity contribution in [1.82, 2.24) is 0 Å². The van der Waals surface area contributed by atoms with Crippen LogP contribution in [0.4, 0.5) is 0 Å². The summed E-state index contributed by atoms with van der Waals surface area (Å²) < 4.78 is 0. The van der Waals surface area contributed by atoms with E-state index >= 15 is 0 Å². The summed E-state index contributed by atoms with van der Waals surface area (Å²) in [5.41, 5.74) is 0. The summed E-state index contributed by atoms with van der Waals surface area (Å²) in [7, 11) is 0.